The number of ether oxygens (including phenoxy) is 2. The molecule has 1 saturated carbocycles. The maximum Gasteiger partial charge on any atom is 0.254 e. The lowest BCUT2D eigenvalue weighted by Gasteiger charge is -2.28. The van der Waals surface area contributed by atoms with E-state index in [1.54, 1.807) is 38.7 Å². The number of amides is 1. The molecule has 7 nitrogen and oxygen atoms in total. The number of benzene rings is 1. The van der Waals surface area contributed by atoms with Gasteiger partial charge in [-0.3, -0.25) is 4.79 Å². The molecule has 1 atom stereocenters. The van der Waals surface area contributed by atoms with E-state index >= 15 is 0 Å². The van der Waals surface area contributed by atoms with Crippen molar-refractivity contribution in [3.05, 3.63) is 35.9 Å². The van der Waals surface area contributed by atoms with Crippen molar-refractivity contribution in [3.63, 3.8) is 0 Å². The summed E-state index contributed by atoms with van der Waals surface area (Å²) >= 11 is 0. The molecule has 1 aromatic carbocycles. The van der Waals surface area contributed by atoms with Gasteiger partial charge in [0.1, 0.15) is 23.7 Å². The molecule has 144 valence electrons. The fourth-order valence-electron chi connectivity index (χ4n) is 4.79. The second-order valence-electron chi connectivity index (χ2n) is 7.71. The summed E-state index contributed by atoms with van der Waals surface area (Å²) in [7, 11) is 5.17. The van der Waals surface area contributed by atoms with E-state index in [1.165, 1.54) is 12.8 Å². The number of aromatic nitrogens is 3. The molecule has 27 heavy (non-hydrogen) atoms. The first-order valence-corrected chi connectivity index (χ1v) is 9.42. The van der Waals surface area contributed by atoms with Crippen molar-refractivity contribution < 1.29 is 14.3 Å². The van der Waals surface area contributed by atoms with Gasteiger partial charge in [-0.05, 0) is 30.4 Å². The summed E-state index contributed by atoms with van der Waals surface area (Å²) in [4.78, 5) is 15.3. The van der Waals surface area contributed by atoms with Crippen LogP contribution in [0.25, 0.3) is 0 Å². The highest BCUT2D eigenvalue weighted by Crippen LogP contribution is 2.53. The summed E-state index contributed by atoms with van der Waals surface area (Å²) < 4.78 is 12.6. The minimum Gasteiger partial charge on any atom is -0.497 e. The molecule has 4 rings (SSSR count). The molecular formula is C20H26N4O3. The molecule has 0 N–H and O–H groups in total. The number of nitrogens with zero attached hydrogens (tertiary/aromatic N) is 4. The van der Waals surface area contributed by atoms with Crippen molar-refractivity contribution in [2.75, 3.05) is 27.3 Å². The summed E-state index contributed by atoms with van der Waals surface area (Å²) in [6, 6.07) is 5.34. The van der Waals surface area contributed by atoms with Crippen LogP contribution in [-0.4, -0.2) is 52.9 Å². The second-order valence-corrected chi connectivity index (χ2v) is 7.71. The monoisotopic (exact) mass is 370 g/mol. The molecule has 1 aliphatic heterocycles. The standard InChI is InChI=1S/C20H26N4O3/c1-23-13-21-22-18(23)17-11-24(12-20(17)6-4-5-7-20)19(25)14-8-15(26-2)10-16(9-14)27-3/h8-10,13,17H,4-7,11-12H2,1-3H3. The van der Waals surface area contributed by atoms with E-state index in [-0.39, 0.29) is 17.2 Å². The molecule has 1 unspecified atom stereocenters. The Balaban J connectivity index is 1.65. The Morgan fingerprint density at radius 2 is 1.81 bits per heavy atom. The predicted molar refractivity (Wildman–Crippen MR) is 100 cm³/mol. The minimum absolute atomic E-state index is 0.0168. The number of carbonyl (C=O) groups is 1. The Labute approximate surface area is 159 Å². The number of likely N-dealkylation sites (tertiary alicyclic amines) is 1. The molecule has 2 heterocycles. The van der Waals surface area contributed by atoms with E-state index in [0.29, 0.717) is 23.6 Å². The molecule has 1 amide bonds. The first-order chi connectivity index (χ1) is 13.1. The zero-order valence-electron chi connectivity index (χ0n) is 16.1. The van der Waals surface area contributed by atoms with Crippen molar-refractivity contribution >= 4 is 5.91 Å². The third-order valence-corrected chi connectivity index (χ3v) is 6.19. The molecule has 1 saturated heterocycles. The van der Waals surface area contributed by atoms with Crippen LogP contribution in [0.3, 0.4) is 0 Å². The molecule has 0 radical (unpaired) electrons. The van der Waals surface area contributed by atoms with Crippen molar-refractivity contribution in [1.82, 2.24) is 19.7 Å². The number of methoxy groups -OCH3 is 2. The van der Waals surface area contributed by atoms with Crippen molar-refractivity contribution in [2.45, 2.75) is 31.6 Å². The van der Waals surface area contributed by atoms with Crippen LogP contribution in [0.2, 0.25) is 0 Å². The van der Waals surface area contributed by atoms with Gasteiger partial charge >= 0.3 is 0 Å². The van der Waals surface area contributed by atoms with Gasteiger partial charge in [0.2, 0.25) is 0 Å². The second kappa shape index (κ2) is 6.87. The van der Waals surface area contributed by atoms with Gasteiger partial charge < -0.3 is 18.9 Å². The number of carbonyl (C=O) groups excluding carboxylic acids is 1. The Morgan fingerprint density at radius 3 is 2.37 bits per heavy atom. The van der Waals surface area contributed by atoms with Crippen LogP contribution >= 0.6 is 0 Å². The van der Waals surface area contributed by atoms with Gasteiger partial charge in [0, 0.05) is 37.7 Å². The van der Waals surface area contributed by atoms with E-state index in [0.717, 1.165) is 25.2 Å². The van der Waals surface area contributed by atoms with Gasteiger partial charge in [0.25, 0.3) is 5.91 Å². The first-order valence-electron chi connectivity index (χ1n) is 9.42. The van der Waals surface area contributed by atoms with Crippen LogP contribution in [0.5, 0.6) is 11.5 Å². The fourth-order valence-corrected chi connectivity index (χ4v) is 4.79. The van der Waals surface area contributed by atoms with Gasteiger partial charge in [0.15, 0.2) is 0 Å². The highest BCUT2D eigenvalue weighted by molar-refractivity contribution is 5.95. The summed E-state index contributed by atoms with van der Waals surface area (Å²) in [5.41, 5.74) is 0.706. The highest BCUT2D eigenvalue weighted by Gasteiger charge is 2.51. The van der Waals surface area contributed by atoms with Crippen molar-refractivity contribution in [3.8, 4) is 11.5 Å². The Bertz CT molecular complexity index is 819. The van der Waals surface area contributed by atoms with E-state index in [2.05, 4.69) is 10.2 Å². The number of hydrogen-bond acceptors (Lipinski definition) is 5. The van der Waals surface area contributed by atoms with E-state index in [9.17, 15) is 4.79 Å². The third kappa shape index (κ3) is 3.05. The van der Waals surface area contributed by atoms with Gasteiger partial charge in [-0.15, -0.1) is 10.2 Å². The van der Waals surface area contributed by atoms with Gasteiger partial charge in [-0.2, -0.15) is 0 Å². The summed E-state index contributed by atoms with van der Waals surface area (Å²) in [6.45, 7) is 1.44. The SMILES string of the molecule is COc1cc(OC)cc(C(=O)N2CC(c3nncn3C)C3(CCCC3)C2)c1. The normalized spacial score (nSPS) is 21.0. The topological polar surface area (TPSA) is 69.5 Å². The molecule has 2 aromatic rings. The lowest BCUT2D eigenvalue weighted by atomic mass is 9.76. The quantitative estimate of drug-likeness (QED) is 0.827. The average Bonchev–Trinajstić information content (AvgIpc) is 3.42. The molecular weight excluding hydrogens is 344 g/mol. The molecule has 2 fully saturated rings. The van der Waals surface area contributed by atoms with E-state index in [1.807, 2.05) is 16.5 Å². The Kier molecular flexibility index (Phi) is 4.53. The molecule has 1 spiro atoms. The van der Waals surface area contributed by atoms with Crippen LogP contribution in [0, 0.1) is 5.41 Å². The highest BCUT2D eigenvalue weighted by atomic mass is 16.5. The minimum atomic E-state index is 0.0168. The molecule has 2 aliphatic rings. The Morgan fingerprint density at radius 1 is 1.15 bits per heavy atom. The smallest absolute Gasteiger partial charge is 0.254 e. The fraction of sp³-hybridized carbons (Fsp3) is 0.550. The van der Waals surface area contributed by atoms with Gasteiger partial charge in [-0.1, -0.05) is 12.8 Å². The van der Waals surface area contributed by atoms with Crippen molar-refractivity contribution in [1.29, 1.82) is 0 Å². The zero-order valence-corrected chi connectivity index (χ0v) is 16.1. The summed E-state index contributed by atoms with van der Waals surface area (Å²) in [6.07, 6.45) is 6.44. The largest absolute Gasteiger partial charge is 0.497 e. The van der Waals surface area contributed by atoms with Crippen molar-refractivity contribution in [2.24, 2.45) is 12.5 Å². The molecule has 1 aliphatic carbocycles. The number of rotatable bonds is 4. The summed E-state index contributed by atoms with van der Waals surface area (Å²) in [5, 5.41) is 8.44. The average molecular weight is 370 g/mol. The first kappa shape index (κ1) is 17.8. The van der Waals surface area contributed by atoms with Crippen LogP contribution in [-0.2, 0) is 7.05 Å². The van der Waals surface area contributed by atoms with Crippen LogP contribution in [0.1, 0.15) is 47.8 Å². The maximum atomic E-state index is 13.3. The number of aryl methyl sites for hydroxylation is 1. The third-order valence-electron chi connectivity index (χ3n) is 6.19. The van der Waals surface area contributed by atoms with Crippen LogP contribution in [0.4, 0.5) is 0 Å². The molecule has 1 aromatic heterocycles. The molecule has 0 bridgehead atoms. The van der Waals surface area contributed by atoms with E-state index < -0.39 is 0 Å². The van der Waals surface area contributed by atoms with Gasteiger partial charge in [-0.25, -0.2) is 0 Å². The molecule has 7 heteroatoms. The predicted octanol–water partition coefficient (Wildman–Crippen LogP) is 2.63. The van der Waals surface area contributed by atoms with Crippen LogP contribution in [0.15, 0.2) is 24.5 Å². The lowest BCUT2D eigenvalue weighted by Crippen LogP contribution is -2.31. The van der Waals surface area contributed by atoms with Crippen LogP contribution < -0.4 is 9.47 Å². The maximum absolute atomic E-state index is 13.3. The lowest BCUT2D eigenvalue weighted by molar-refractivity contribution is 0.0772. The zero-order chi connectivity index (χ0) is 19.0. The van der Waals surface area contributed by atoms with Gasteiger partial charge in [0.05, 0.1) is 14.2 Å². The summed E-state index contributed by atoms with van der Waals surface area (Å²) in [5.74, 6) is 2.47. The Hall–Kier alpha value is -2.57. The number of hydrogen-bond donors (Lipinski definition) is 0. The van der Waals surface area contributed by atoms with E-state index in [4.69, 9.17) is 9.47 Å².